The molecule has 7 heteroatoms. The molecule has 0 saturated heterocycles. The molecule has 0 spiro atoms. The summed E-state index contributed by atoms with van der Waals surface area (Å²) in [6, 6.07) is 14.2. The monoisotopic (exact) mass is 418 g/mol. The van der Waals surface area contributed by atoms with E-state index in [1.807, 2.05) is 19.1 Å². The quantitative estimate of drug-likeness (QED) is 0.497. The van der Waals surface area contributed by atoms with Gasteiger partial charge in [-0.1, -0.05) is 59.6 Å². The van der Waals surface area contributed by atoms with Gasteiger partial charge < -0.3 is 5.32 Å². The molecular weight excluding hydrogens is 403 g/mol. The second kappa shape index (κ2) is 8.65. The Balaban J connectivity index is 1.63. The SMILES string of the molecule is Cc1sc(NC(=O)CCC(=O)c2ccccc2)nc1-c1ccc(Cl)c(Cl)c1. The molecule has 4 nitrogen and oxygen atoms in total. The first-order valence-electron chi connectivity index (χ1n) is 8.25. The molecule has 0 fully saturated rings. The molecule has 0 saturated carbocycles. The first-order chi connectivity index (χ1) is 12.9. The predicted octanol–water partition coefficient (Wildman–Crippen LogP) is 6.03. The molecule has 1 aromatic heterocycles. The predicted molar refractivity (Wildman–Crippen MR) is 111 cm³/mol. The highest BCUT2D eigenvalue weighted by atomic mass is 35.5. The van der Waals surface area contributed by atoms with Crippen LogP contribution < -0.4 is 5.32 Å². The van der Waals surface area contributed by atoms with Crippen LogP contribution in [0.5, 0.6) is 0 Å². The minimum atomic E-state index is -0.242. The number of aromatic nitrogens is 1. The number of carbonyl (C=O) groups is 2. The van der Waals surface area contributed by atoms with Crippen molar-refractivity contribution < 1.29 is 9.59 Å². The Labute approximate surface area is 171 Å². The topological polar surface area (TPSA) is 59.1 Å². The number of Topliss-reactive ketones (excluding diaryl/α,β-unsaturated/α-hetero) is 1. The number of hydrogen-bond donors (Lipinski definition) is 1. The van der Waals surface area contributed by atoms with Gasteiger partial charge in [0.05, 0.1) is 15.7 Å². The summed E-state index contributed by atoms with van der Waals surface area (Å²) in [5, 5.41) is 4.18. The number of aryl methyl sites for hydroxylation is 1. The van der Waals surface area contributed by atoms with E-state index in [2.05, 4.69) is 10.3 Å². The van der Waals surface area contributed by atoms with Crippen molar-refractivity contribution in [2.75, 3.05) is 5.32 Å². The Hall–Kier alpha value is -2.21. The zero-order valence-corrected chi connectivity index (χ0v) is 16.8. The Morgan fingerprint density at radius 2 is 1.78 bits per heavy atom. The van der Waals surface area contributed by atoms with Crippen LogP contribution in [0.15, 0.2) is 48.5 Å². The number of amides is 1. The first kappa shape index (κ1) is 19.5. The number of rotatable bonds is 6. The van der Waals surface area contributed by atoms with Gasteiger partial charge in [-0.25, -0.2) is 4.98 Å². The summed E-state index contributed by atoms with van der Waals surface area (Å²) in [4.78, 5) is 29.7. The number of carbonyl (C=O) groups excluding carboxylic acids is 2. The summed E-state index contributed by atoms with van der Waals surface area (Å²) >= 11 is 13.4. The maximum atomic E-state index is 12.2. The van der Waals surface area contributed by atoms with Crippen molar-refractivity contribution >= 4 is 51.4 Å². The normalized spacial score (nSPS) is 10.6. The van der Waals surface area contributed by atoms with E-state index in [4.69, 9.17) is 23.2 Å². The standard InChI is InChI=1S/C20H16Cl2N2O2S/c1-12-19(14-7-8-15(21)16(22)11-14)24-20(27-12)23-18(26)10-9-17(25)13-5-3-2-4-6-13/h2-8,11H,9-10H2,1H3,(H,23,24,26). The van der Waals surface area contributed by atoms with E-state index in [1.165, 1.54) is 11.3 Å². The average Bonchev–Trinajstić information content (AvgIpc) is 3.02. The highest BCUT2D eigenvalue weighted by Gasteiger charge is 2.14. The number of anilines is 1. The minimum absolute atomic E-state index is 0.0578. The lowest BCUT2D eigenvalue weighted by atomic mass is 10.1. The van der Waals surface area contributed by atoms with Crippen LogP contribution in [0, 0.1) is 6.92 Å². The Bertz CT molecular complexity index is 987. The van der Waals surface area contributed by atoms with E-state index in [9.17, 15) is 9.59 Å². The van der Waals surface area contributed by atoms with Gasteiger partial charge in [-0.2, -0.15) is 0 Å². The van der Waals surface area contributed by atoms with Crippen LogP contribution in [0.1, 0.15) is 28.1 Å². The van der Waals surface area contributed by atoms with Crippen LogP contribution in [-0.4, -0.2) is 16.7 Å². The minimum Gasteiger partial charge on any atom is -0.302 e. The third kappa shape index (κ3) is 4.95. The fourth-order valence-corrected chi connectivity index (χ4v) is 3.69. The number of ketones is 1. The van der Waals surface area contributed by atoms with E-state index >= 15 is 0 Å². The van der Waals surface area contributed by atoms with Crippen molar-refractivity contribution in [3.8, 4) is 11.3 Å². The van der Waals surface area contributed by atoms with Crippen LogP contribution in [0.25, 0.3) is 11.3 Å². The molecule has 0 unspecified atom stereocenters. The molecule has 1 N–H and O–H groups in total. The number of hydrogen-bond acceptors (Lipinski definition) is 4. The van der Waals surface area contributed by atoms with Crippen molar-refractivity contribution in [2.45, 2.75) is 19.8 Å². The van der Waals surface area contributed by atoms with Crippen LogP contribution in [0.4, 0.5) is 5.13 Å². The molecule has 0 aliphatic rings. The van der Waals surface area contributed by atoms with Crippen molar-refractivity contribution in [3.63, 3.8) is 0 Å². The van der Waals surface area contributed by atoms with Gasteiger partial charge in [0, 0.05) is 28.8 Å². The third-order valence-electron chi connectivity index (χ3n) is 3.91. The molecule has 0 radical (unpaired) electrons. The van der Waals surface area contributed by atoms with E-state index in [0.29, 0.717) is 20.7 Å². The molecule has 3 aromatic rings. The Kier molecular flexibility index (Phi) is 6.26. The van der Waals surface area contributed by atoms with Gasteiger partial charge in [0.15, 0.2) is 10.9 Å². The Morgan fingerprint density at radius 3 is 2.48 bits per heavy atom. The highest BCUT2D eigenvalue weighted by Crippen LogP contribution is 2.33. The van der Waals surface area contributed by atoms with Crippen LogP contribution >= 0.6 is 34.5 Å². The van der Waals surface area contributed by atoms with Crippen LogP contribution in [-0.2, 0) is 4.79 Å². The molecule has 1 heterocycles. The lowest BCUT2D eigenvalue weighted by Crippen LogP contribution is -2.13. The molecule has 0 aliphatic carbocycles. The van der Waals surface area contributed by atoms with Crippen LogP contribution in [0.2, 0.25) is 10.0 Å². The number of benzene rings is 2. The van der Waals surface area contributed by atoms with E-state index in [0.717, 1.165) is 16.1 Å². The molecule has 0 atom stereocenters. The van der Waals surface area contributed by atoms with Crippen molar-refractivity contribution in [3.05, 3.63) is 69.0 Å². The van der Waals surface area contributed by atoms with Crippen molar-refractivity contribution in [1.82, 2.24) is 4.98 Å². The van der Waals surface area contributed by atoms with Gasteiger partial charge in [-0.15, -0.1) is 11.3 Å². The van der Waals surface area contributed by atoms with Gasteiger partial charge in [0.25, 0.3) is 0 Å². The Morgan fingerprint density at radius 1 is 1.04 bits per heavy atom. The molecule has 0 aliphatic heterocycles. The largest absolute Gasteiger partial charge is 0.302 e. The lowest BCUT2D eigenvalue weighted by molar-refractivity contribution is -0.116. The molecule has 27 heavy (non-hydrogen) atoms. The average molecular weight is 419 g/mol. The number of thiazole rings is 1. The van der Waals surface area contributed by atoms with Gasteiger partial charge in [-0.05, 0) is 19.1 Å². The second-order valence-corrected chi connectivity index (χ2v) is 7.91. The summed E-state index contributed by atoms with van der Waals surface area (Å²) in [5.41, 5.74) is 2.18. The van der Waals surface area contributed by atoms with E-state index in [-0.39, 0.29) is 24.5 Å². The van der Waals surface area contributed by atoms with E-state index < -0.39 is 0 Å². The number of nitrogens with one attached hydrogen (secondary N) is 1. The summed E-state index contributed by atoms with van der Waals surface area (Å²) in [6.45, 7) is 1.92. The lowest BCUT2D eigenvalue weighted by Gasteiger charge is -2.02. The number of halogens is 2. The summed E-state index contributed by atoms with van der Waals surface area (Å²) in [5.74, 6) is -0.300. The number of nitrogens with zero attached hydrogens (tertiary/aromatic N) is 1. The van der Waals surface area contributed by atoms with Gasteiger partial charge in [0.1, 0.15) is 0 Å². The van der Waals surface area contributed by atoms with Gasteiger partial charge in [-0.3, -0.25) is 9.59 Å². The highest BCUT2D eigenvalue weighted by molar-refractivity contribution is 7.16. The molecule has 2 aromatic carbocycles. The van der Waals surface area contributed by atoms with Crippen molar-refractivity contribution in [2.24, 2.45) is 0 Å². The zero-order chi connectivity index (χ0) is 19.4. The second-order valence-electron chi connectivity index (χ2n) is 5.89. The summed E-state index contributed by atoms with van der Waals surface area (Å²) in [7, 11) is 0. The van der Waals surface area contributed by atoms with Crippen molar-refractivity contribution in [1.29, 1.82) is 0 Å². The molecule has 138 valence electrons. The summed E-state index contributed by atoms with van der Waals surface area (Å²) < 4.78 is 0. The maximum absolute atomic E-state index is 12.2. The smallest absolute Gasteiger partial charge is 0.226 e. The van der Waals surface area contributed by atoms with E-state index in [1.54, 1.807) is 36.4 Å². The zero-order valence-electron chi connectivity index (χ0n) is 14.5. The summed E-state index contributed by atoms with van der Waals surface area (Å²) in [6.07, 6.45) is 0.258. The molecule has 1 amide bonds. The van der Waals surface area contributed by atoms with Gasteiger partial charge >= 0.3 is 0 Å². The molecular formula is C20H16Cl2N2O2S. The molecule has 0 bridgehead atoms. The maximum Gasteiger partial charge on any atom is 0.226 e. The molecule has 3 rings (SSSR count). The van der Waals surface area contributed by atoms with Gasteiger partial charge in [0.2, 0.25) is 5.91 Å². The first-order valence-corrected chi connectivity index (χ1v) is 9.82. The fourth-order valence-electron chi connectivity index (χ4n) is 2.54. The fraction of sp³-hybridized carbons (Fsp3) is 0.150. The third-order valence-corrected chi connectivity index (χ3v) is 5.54. The van der Waals surface area contributed by atoms with Crippen LogP contribution in [0.3, 0.4) is 0 Å².